The summed E-state index contributed by atoms with van der Waals surface area (Å²) in [5, 5.41) is 30.2. The zero-order chi connectivity index (χ0) is 25.9. The lowest BCUT2D eigenvalue weighted by atomic mass is 10.1. The molecule has 1 heterocycles. The van der Waals surface area contributed by atoms with Crippen molar-refractivity contribution < 1.29 is 39.1 Å². The van der Waals surface area contributed by atoms with Gasteiger partial charge >= 0.3 is 0 Å². The van der Waals surface area contributed by atoms with Crippen LogP contribution in [0.5, 0.6) is 46.0 Å². The first-order valence-corrected chi connectivity index (χ1v) is 10.8. The second kappa shape index (κ2) is 9.72. The summed E-state index contributed by atoms with van der Waals surface area (Å²) in [5.41, 5.74) is -0.740. The van der Waals surface area contributed by atoms with Gasteiger partial charge in [0.2, 0.25) is 22.7 Å². The van der Waals surface area contributed by atoms with Gasteiger partial charge in [0.05, 0.1) is 0 Å². The van der Waals surface area contributed by atoms with E-state index in [2.05, 4.69) is 0 Å². The quantitative estimate of drug-likeness (QED) is 0.136. The Balaban J connectivity index is 1.73. The van der Waals surface area contributed by atoms with Gasteiger partial charge in [0.25, 0.3) is 0 Å². The van der Waals surface area contributed by atoms with Crippen molar-refractivity contribution in [3.63, 3.8) is 0 Å². The van der Waals surface area contributed by atoms with E-state index in [-0.39, 0.29) is 39.5 Å². The van der Waals surface area contributed by atoms with E-state index >= 15 is 0 Å². The van der Waals surface area contributed by atoms with Crippen LogP contribution in [-0.4, -0.2) is 15.3 Å². The van der Waals surface area contributed by atoms with Gasteiger partial charge in [-0.3, -0.25) is 14.6 Å². The lowest BCUT2D eigenvalue weighted by molar-refractivity contribution is -0.1000. The van der Waals surface area contributed by atoms with E-state index in [0.29, 0.717) is 11.5 Å². The monoisotopic (exact) mass is 501 g/mol. The number of hydrogen-bond acceptors (Lipinski definition) is 10. The molecule has 5 rings (SSSR count). The summed E-state index contributed by atoms with van der Waals surface area (Å²) in [4.78, 5) is 29.4. The maximum absolute atomic E-state index is 13.6. The third-order valence-corrected chi connectivity index (χ3v) is 5.31. The summed E-state index contributed by atoms with van der Waals surface area (Å²) < 4.78 is 11.7. The lowest BCUT2D eigenvalue weighted by Gasteiger charge is -2.16. The fraction of sp³-hybridized carbons (Fsp3) is 0. The summed E-state index contributed by atoms with van der Waals surface area (Å²) >= 11 is 0. The van der Waals surface area contributed by atoms with Crippen LogP contribution in [0.25, 0.3) is 22.3 Å². The predicted octanol–water partition coefficient (Wildman–Crippen LogP) is 4.99. The molecule has 0 aliphatic heterocycles. The van der Waals surface area contributed by atoms with Crippen molar-refractivity contribution in [3.8, 4) is 57.3 Å². The Labute approximate surface area is 208 Å². The van der Waals surface area contributed by atoms with Crippen molar-refractivity contribution in [1.82, 2.24) is 0 Å². The minimum Gasteiger partial charge on any atom is -0.504 e. The van der Waals surface area contributed by atoms with Crippen molar-refractivity contribution >= 4 is 11.0 Å². The largest absolute Gasteiger partial charge is 0.504 e. The Bertz CT molecular complexity index is 1630. The van der Waals surface area contributed by atoms with E-state index < -0.39 is 22.7 Å². The zero-order valence-electron chi connectivity index (χ0n) is 19.0. The number of fused-ring (bicyclic) bond motifs is 1. The fourth-order valence-corrected chi connectivity index (χ4v) is 3.58. The molecule has 1 aromatic heterocycles. The third-order valence-electron chi connectivity index (χ3n) is 5.31. The maximum atomic E-state index is 13.6. The predicted molar refractivity (Wildman–Crippen MR) is 132 cm³/mol. The summed E-state index contributed by atoms with van der Waals surface area (Å²) in [7, 11) is 0. The molecule has 0 saturated carbocycles. The van der Waals surface area contributed by atoms with E-state index in [1.54, 1.807) is 60.7 Å². The molecule has 5 aromatic rings. The highest BCUT2D eigenvalue weighted by molar-refractivity contribution is 5.92. The highest BCUT2D eigenvalue weighted by Crippen LogP contribution is 2.46. The second-order valence-corrected chi connectivity index (χ2v) is 7.73. The molecule has 0 atom stereocenters. The summed E-state index contributed by atoms with van der Waals surface area (Å²) in [6.45, 7) is 0. The van der Waals surface area contributed by atoms with Crippen LogP contribution in [0.15, 0.2) is 94.1 Å². The summed E-state index contributed by atoms with van der Waals surface area (Å²) in [6, 6.07) is 21.9. The number of rotatable bonds is 7. The average Bonchev–Trinajstić information content (AvgIpc) is 2.91. The van der Waals surface area contributed by atoms with Gasteiger partial charge < -0.3 is 29.3 Å². The molecule has 10 nitrogen and oxygen atoms in total. The molecular weight excluding hydrogens is 482 g/mol. The number of phenols is 3. The SMILES string of the molecule is NOc1c(-c2ccc(O)c(O)c2)oc2cc(O)c(Oc3ccccc3)c(OOc3ccccc3)c2c1=O. The molecule has 0 aliphatic carbocycles. The first-order chi connectivity index (χ1) is 18.0. The molecule has 0 saturated heterocycles. The molecule has 5 N–H and O–H groups in total. The van der Waals surface area contributed by atoms with Gasteiger partial charge in [0.15, 0.2) is 28.8 Å². The van der Waals surface area contributed by atoms with Crippen LogP contribution in [0.2, 0.25) is 0 Å². The highest BCUT2D eigenvalue weighted by atomic mass is 17.2. The topological polar surface area (TPSA) is 154 Å². The van der Waals surface area contributed by atoms with Crippen LogP contribution in [0.3, 0.4) is 0 Å². The number of ether oxygens (including phenoxy) is 1. The van der Waals surface area contributed by atoms with Gasteiger partial charge in [-0.15, -0.1) is 0 Å². The van der Waals surface area contributed by atoms with Gasteiger partial charge in [-0.2, -0.15) is 5.90 Å². The molecule has 0 unspecified atom stereocenters. The number of para-hydroxylation sites is 2. The molecule has 0 aliphatic rings. The van der Waals surface area contributed by atoms with Gasteiger partial charge in [0.1, 0.15) is 16.7 Å². The lowest BCUT2D eigenvalue weighted by Crippen LogP contribution is -2.16. The molecule has 186 valence electrons. The Kier molecular flexibility index (Phi) is 6.15. The van der Waals surface area contributed by atoms with Gasteiger partial charge in [-0.25, -0.2) is 0 Å². The fourth-order valence-electron chi connectivity index (χ4n) is 3.58. The molecule has 10 heteroatoms. The van der Waals surface area contributed by atoms with Gasteiger partial charge in [-0.1, -0.05) is 36.4 Å². The second-order valence-electron chi connectivity index (χ2n) is 7.73. The normalized spacial score (nSPS) is 10.7. The van der Waals surface area contributed by atoms with Crippen molar-refractivity contribution in [2.24, 2.45) is 5.90 Å². The highest BCUT2D eigenvalue weighted by Gasteiger charge is 2.27. The number of hydrogen-bond donors (Lipinski definition) is 4. The van der Waals surface area contributed by atoms with E-state index in [0.717, 1.165) is 12.1 Å². The molecule has 0 spiro atoms. The average molecular weight is 501 g/mol. The zero-order valence-corrected chi connectivity index (χ0v) is 19.0. The minimum absolute atomic E-state index is 0.127. The van der Waals surface area contributed by atoms with Crippen molar-refractivity contribution in [2.75, 3.05) is 0 Å². The van der Waals surface area contributed by atoms with Crippen LogP contribution in [0.4, 0.5) is 0 Å². The van der Waals surface area contributed by atoms with Crippen molar-refractivity contribution in [2.45, 2.75) is 0 Å². The van der Waals surface area contributed by atoms with E-state index in [1.807, 2.05) is 0 Å². The van der Waals surface area contributed by atoms with Crippen LogP contribution in [0, 0.1) is 0 Å². The van der Waals surface area contributed by atoms with Crippen molar-refractivity contribution in [1.29, 1.82) is 0 Å². The molecule has 0 fully saturated rings. The smallest absolute Gasteiger partial charge is 0.241 e. The number of benzene rings is 4. The summed E-state index contributed by atoms with van der Waals surface area (Å²) in [5.74, 6) is 3.70. The van der Waals surface area contributed by atoms with Crippen LogP contribution in [-0.2, 0) is 0 Å². The number of phenolic OH excluding ortho intramolecular Hbond substituents is 3. The third kappa shape index (κ3) is 4.51. The molecule has 0 amide bonds. The maximum Gasteiger partial charge on any atom is 0.241 e. The van der Waals surface area contributed by atoms with E-state index in [9.17, 15) is 20.1 Å². The van der Waals surface area contributed by atoms with Crippen molar-refractivity contribution in [3.05, 3.63) is 95.2 Å². The minimum atomic E-state index is -0.782. The number of nitrogens with two attached hydrogens (primary N) is 1. The molecular formula is C27H19NO9. The van der Waals surface area contributed by atoms with E-state index in [4.69, 9.17) is 29.7 Å². The molecule has 4 aromatic carbocycles. The van der Waals surface area contributed by atoms with Crippen LogP contribution in [0.1, 0.15) is 0 Å². The van der Waals surface area contributed by atoms with Crippen LogP contribution >= 0.6 is 0 Å². The van der Waals surface area contributed by atoms with Crippen LogP contribution < -0.4 is 30.7 Å². The van der Waals surface area contributed by atoms with E-state index in [1.165, 1.54) is 12.1 Å². The Morgan fingerprint density at radius 1 is 0.676 bits per heavy atom. The molecule has 0 radical (unpaired) electrons. The summed E-state index contributed by atoms with van der Waals surface area (Å²) in [6.07, 6.45) is 0. The molecule has 0 bridgehead atoms. The Morgan fingerprint density at radius 3 is 2.00 bits per heavy atom. The Hall–Kier alpha value is -5.35. The van der Waals surface area contributed by atoms with Gasteiger partial charge in [-0.05, 0) is 42.5 Å². The molecule has 37 heavy (non-hydrogen) atoms. The number of aromatic hydroxyl groups is 3. The first-order valence-electron chi connectivity index (χ1n) is 10.8. The Morgan fingerprint density at radius 2 is 1.35 bits per heavy atom. The standard InChI is InChI=1S/C27H19NO9/c28-35-27-23(32)22-21(34-24(27)15-11-12-18(29)19(30)13-15)14-20(31)25(33-16-7-3-1-4-8-16)26(22)37-36-17-9-5-2-6-10-17/h1-14,29-31H,28H2. The van der Waals surface area contributed by atoms with Gasteiger partial charge in [0, 0.05) is 11.6 Å². The first kappa shape index (κ1) is 23.4.